The quantitative estimate of drug-likeness (QED) is 0.248. The highest BCUT2D eigenvalue weighted by molar-refractivity contribution is 7.98. The molecule has 0 amide bonds. The van der Waals surface area contributed by atoms with E-state index in [2.05, 4.69) is 25.0 Å². The predicted molar refractivity (Wildman–Crippen MR) is 131 cm³/mol. The summed E-state index contributed by atoms with van der Waals surface area (Å²) in [6.45, 7) is 5.83. The molecular weight excluding hydrogens is 478 g/mol. The van der Waals surface area contributed by atoms with Crippen molar-refractivity contribution in [2.75, 3.05) is 22.9 Å². The zero-order valence-electron chi connectivity index (χ0n) is 19.7. The number of aliphatic hydroxyl groups excluding tert-OH is 1. The van der Waals surface area contributed by atoms with Crippen LogP contribution in [0.1, 0.15) is 44.7 Å². The fraction of sp³-hybridized carbons (Fsp3) is 0.545. The lowest BCUT2D eigenvalue weighted by molar-refractivity contribution is -0.138. The number of sulfonamides is 1. The van der Waals surface area contributed by atoms with Gasteiger partial charge in [0.15, 0.2) is 5.16 Å². The fourth-order valence-electron chi connectivity index (χ4n) is 3.49. The molecule has 1 aliphatic rings. The van der Waals surface area contributed by atoms with E-state index >= 15 is 0 Å². The van der Waals surface area contributed by atoms with Gasteiger partial charge in [0, 0.05) is 5.75 Å². The monoisotopic (exact) mass is 509 g/mol. The molecule has 0 saturated carbocycles. The Kier molecular flexibility index (Phi) is 8.72. The Labute approximate surface area is 204 Å². The zero-order chi connectivity index (χ0) is 24.9. The van der Waals surface area contributed by atoms with Crippen LogP contribution in [0.5, 0.6) is 5.75 Å². The number of thioether (sulfide) groups is 1. The van der Waals surface area contributed by atoms with E-state index in [9.17, 15) is 18.3 Å². The van der Waals surface area contributed by atoms with Crippen molar-refractivity contribution in [1.82, 2.24) is 15.0 Å². The van der Waals surface area contributed by atoms with Crippen LogP contribution in [-0.4, -0.2) is 53.4 Å². The standard InChI is InChI=1S/C22H31N5O5S2/c1-13(2)9-17(11-28)23-20-24-21(27-34(4,30)31)26-22(25-20)33-12-15-6-8-18-16(10-15)7-5-14(3)19(29)32-18/h6,8,10,13-14,17,28H,5,7,9,11-12H2,1-4H3,(H2,23,24,25,26,27)/t14?,17-/m1/s1. The van der Waals surface area contributed by atoms with Gasteiger partial charge in [-0.05, 0) is 42.4 Å². The van der Waals surface area contributed by atoms with Crippen molar-refractivity contribution < 1.29 is 23.1 Å². The van der Waals surface area contributed by atoms with Crippen LogP contribution in [0.2, 0.25) is 0 Å². The van der Waals surface area contributed by atoms with Gasteiger partial charge in [0.2, 0.25) is 21.9 Å². The van der Waals surface area contributed by atoms with Crippen LogP contribution >= 0.6 is 11.8 Å². The summed E-state index contributed by atoms with van der Waals surface area (Å²) in [6, 6.07) is 5.42. The van der Waals surface area contributed by atoms with E-state index in [0.29, 0.717) is 29.0 Å². The van der Waals surface area contributed by atoms with E-state index in [1.807, 2.05) is 32.9 Å². The number of esters is 1. The van der Waals surface area contributed by atoms with E-state index in [1.165, 1.54) is 11.8 Å². The number of carbonyl (C=O) groups excluding carboxylic acids is 1. The molecule has 1 aliphatic heterocycles. The van der Waals surface area contributed by atoms with Crippen LogP contribution in [0, 0.1) is 11.8 Å². The number of aryl methyl sites for hydroxylation is 1. The summed E-state index contributed by atoms with van der Waals surface area (Å²) in [6.07, 6.45) is 3.20. The number of fused-ring (bicyclic) bond motifs is 1. The molecule has 12 heteroatoms. The molecule has 2 aromatic rings. The van der Waals surface area contributed by atoms with E-state index in [-0.39, 0.29) is 36.4 Å². The number of anilines is 2. The third-order valence-corrected chi connectivity index (χ3v) is 6.63. The van der Waals surface area contributed by atoms with Crippen molar-refractivity contribution in [3.05, 3.63) is 29.3 Å². The number of hydrogen-bond acceptors (Lipinski definition) is 10. The molecular formula is C22H31N5O5S2. The Hall–Kier alpha value is -2.44. The van der Waals surface area contributed by atoms with Crippen LogP contribution in [0.4, 0.5) is 11.9 Å². The second kappa shape index (κ2) is 11.3. The average Bonchev–Trinajstić information content (AvgIpc) is 2.88. The first-order valence-corrected chi connectivity index (χ1v) is 14.0. The van der Waals surface area contributed by atoms with Crippen LogP contribution < -0.4 is 14.8 Å². The topological polar surface area (TPSA) is 143 Å². The Balaban J connectivity index is 1.79. The number of rotatable bonds is 10. The van der Waals surface area contributed by atoms with Crippen molar-refractivity contribution in [2.24, 2.45) is 11.8 Å². The lowest BCUT2D eigenvalue weighted by atomic mass is 10.0. The summed E-state index contributed by atoms with van der Waals surface area (Å²) in [5.74, 6) is 1.20. The van der Waals surface area contributed by atoms with Gasteiger partial charge in [0.1, 0.15) is 5.75 Å². The van der Waals surface area contributed by atoms with E-state index in [0.717, 1.165) is 30.2 Å². The molecule has 3 N–H and O–H groups in total. The normalized spacial score (nSPS) is 17.0. The SMILES string of the molecule is CC(C)C[C@H](CO)Nc1nc(NS(C)(=O)=O)nc(SCc2ccc3c(c2)CCC(C)C(=O)O3)n1. The third-order valence-electron chi connectivity index (χ3n) is 5.15. The van der Waals surface area contributed by atoms with Crippen LogP contribution in [0.25, 0.3) is 0 Å². The van der Waals surface area contributed by atoms with Crippen molar-refractivity contribution in [1.29, 1.82) is 0 Å². The maximum atomic E-state index is 12.0. The van der Waals surface area contributed by atoms with Gasteiger partial charge in [-0.2, -0.15) is 15.0 Å². The molecule has 0 saturated heterocycles. The molecule has 34 heavy (non-hydrogen) atoms. The van der Waals surface area contributed by atoms with Gasteiger partial charge < -0.3 is 15.2 Å². The number of hydrogen-bond donors (Lipinski definition) is 3. The highest BCUT2D eigenvalue weighted by Crippen LogP contribution is 2.30. The van der Waals surface area contributed by atoms with Crippen molar-refractivity contribution >= 4 is 39.7 Å². The number of carbonyl (C=O) groups is 1. The Morgan fingerprint density at radius 3 is 2.65 bits per heavy atom. The van der Waals surface area contributed by atoms with Gasteiger partial charge in [-0.1, -0.05) is 44.7 Å². The van der Waals surface area contributed by atoms with Crippen LogP contribution in [-0.2, 0) is 27.0 Å². The molecule has 3 rings (SSSR count). The maximum Gasteiger partial charge on any atom is 0.314 e. The molecule has 0 spiro atoms. The van der Waals surface area contributed by atoms with Crippen molar-refractivity contribution in [3.8, 4) is 5.75 Å². The molecule has 1 unspecified atom stereocenters. The minimum atomic E-state index is -3.58. The molecule has 2 atom stereocenters. The minimum absolute atomic E-state index is 0.0911. The van der Waals surface area contributed by atoms with Crippen molar-refractivity contribution in [3.63, 3.8) is 0 Å². The predicted octanol–water partition coefficient (Wildman–Crippen LogP) is 2.84. The minimum Gasteiger partial charge on any atom is -0.426 e. The number of nitrogens with one attached hydrogen (secondary N) is 2. The summed E-state index contributed by atoms with van der Waals surface area (Å²) in [7, 11) is -3.58. The first-order valence-electron chi connectivity index (χ1n) is 11.1. The van der Waals surface area contributed by atoms with Gasteiger partial charge in [-0.25, -0.2) is 8.42 Å². The number of nitrogens with zero attached hydrogens (tertiary/aromatic N) is 3. The molecule has 1 aromatic carbocycles. The first kappa shape index (κ1) is 26.2. The second-order valence-electron chi connectivity index (χ2n) is 8.88. The number of aromatic nitrogens is 3. The maximum absolute atomic E-state index is 12.0. The Morgan fingerprint density at radius 2 is 1.97 bits per heavy atom. The Morgan fingerprint density at radius 1 is 1.24 bits per heavy atom. The molecule has 0 fully saturated rings. The van der Waals surface area contributed by atoms with Crippen LogP contribution in [0.3, 0.4) is 0 Å². The largest absolute Gasteiger partial charge is 0.426 e. The molecule has 10 nitrogen and oxygen atoms in total. The molecule has 186 valence electrons. The van der Waals surface area contributed by atoms with E-state index < -0.39 is 10.0 Å². The average molecular weight is 510 g/mol. The highest BCUT2D eigenvalue weighted by Gasteiger charge is 2.22. The van der Waals surface area contributed by atoms with E-state index in [4.69, 9.17) is 4.74 Å². The molecule has 2 heterocycles. The third kappa shape index (κ3) is 7.81. The summed E-state index contributed by atoms with van der Waals surface area (Å²) >= 11 is 1.33. The molecule has 0 aliphatic carbocycles. The van der Waals surface area contributed by atoms with E-state index in [1.54, 1.807) is 6.07 Å². The molecule has 0 radical (unpaired) electrons. The lowest BCUT2D eigenvalue weighted by Crippen LogP contribution is -2.27. The lowest BCUT2D eigenvalue weighted by Gasteiger charge is -2.18. The van der Waals surface area contributed by atoms with Crippen molar-refractivity contribution in [2.45, 2.75) is 57.0 Å². The summed E-state index contributed by atoms with van der Waals surface area (Å²) in [5.41, 5.74) is 1.97. The smallest absolute Gasteiger partial charge is 0.314 e. The Bertz CT molecular complexity index is 1130. The van der Waals surface area contributed by atoms with Gasteiger partial charge in [0.25, 0.3) is 0 Å². The molecule has 0 bridgehead atoms. The van der Waals surface area contributed by atoms with Gasteiger partial charge in [-0.15, -0.1) is 0 Å². The highest BCUT2D eigenvalue weighted by atomic mass is 32.2. The summed E-state index contributed by atoms with van der Waals surface area (Å²) in [5, 5.41) is 13.1. The van der Waals surface area contributed by atoms with Gasteiger partial charge in [0.05, 0.1) is 24.8 Å². The number of aliphatic hydroxyl groups is 1. The fourth-order valence-corrected chi connectivity index (χ4v) is 4.69. The number of benzene rings is 1. The zero-order valence-corrected chi connectivity index (χ0v) is 21.4. The molecule has 1 aromatic heterocycles. The summed E-state index contributed by atoms with van der Waals surface area (Å²) < 4.78 is 31.2. The van der Waals surface area contributed by atoms with Crippen LogP contribution in [0.15, 0.2) is 23.4 Å². The number of ether oxygens (including phenoxy) is 1. The van der Waals surface area contributed by atoms with Gasteiger partial charge in [-0.3, -0.25) is 9.52 Å². The summed E-state index contributed by atoms with van der Waals surface area (Å²) in [4.78, 5) is 24.8. The second-order valence-corrected chi connectivity index (χ2v) is 11.6. The van der Waals surface area contributed by atoms with Gasteiger partial charge >= 0.3 is 5.97 Å². The first-order chi connectivity index (χ1) is 16.0.